The Labute approximate surface area is 271 Å². The van der Waals surface area contributed by atoms with E-state index in [1.54, 1.807) is 54.7 Å². The third-order valence-electron chi connectivity index (χ3n) is 6.40. The van der Waals surface area contributed by atoms with Gasteiger partial charge in [-0.1, -0.05) is 65.0 Å². The number of hydrogen-bond donors (Lipinski definition) is 0. The molecule has 0 aliphatic heterocycles. The van der Waals surface area contributed by atoms with Crippen LogP contribution >= 0.6 is 0 Å². The number of nitrogens with zero attached hydrogens (tertiary/aromatic N) is 3. The largest absolute Gasteiger partial charge is 0.486 e. The average molecular weight is 732 g/mol. The molecule has 4 nitrogen and oxygen atoms in total. The molecule has 0 aliphatic carbocycles. The first-order valence-electron chi connectivity index (χ1n) is 17.0. The molecule has 0 fully saturated rings. The van der Waals surface area contributed by atoms with Crippen LogP contribution in [-0.2, 0) is 32.9 Å². The van der Waals surface area contributed by atoms with E-state index in [0.717, 1.165) is 22.2 Å². The molecule has 0 saturated carbocycles. The van der Waals surface area contributed by atoms with Crippen LogP contribution in [0.5, 0.6) is 0 Å². The summed E-state index contributed by atoms with van der Waals surface area (Å²) in [5, 5.41) is 1.50. The van der Waals surface area contributed by atoms with Crippen molar-refractivity contribution in [2.45, 2.75) is 26.5 Å². The van der Waals surface area contributed by atoms with Gasteiger partial charge in [0.05, 0.1) is 5.58 Å². The third-order valence-corrected chi connectivity index (χ3v) is 6.40. The van der Waals surface area contributed by atoms with Crippen molar-refractivity contribution in [2.24, 2.45) is 0 Å². The van der Waals surface area contributed by atoms with E-state index in [9.17, 15) is 0 Å². The Bertz CT molecular complexity index is 2200. The molecular weight excluding hydrogens is 695 g/mol. The Kier molecular flexibility index (Phi) is 6.56. The van der Waals surface area contributed by atoms with E-state index in [1.807, 2.05) is 48.5 Å². The number of pyridine rings is 3. The first kappa shape index (κ1) is 20.4. The summed E-state index contributed by atoms with van der Waals surface area (Å²) < 4.78 is 67.5. The normalized spacial score (nSPS) is 14.4. The fourth-order valence-corrected chi connectivity index (χ4v) is 4.40. The van der Waals surface area contributed by atoms with Crippen LogP contribution in [0.25, 0.3) is 44.6 Å². The molecule has 3 aromatic carbocycles. The molecule has 209 valence electrons. The monoisotopic (exact) mass is 732 g/mol. The van der Waals surface area contributed by atoms with Crippen molar-refractivity contribution in [1.82, 2.24) is 15.0 Å². The Hall–Kier alpha value is -4.44. The minimum absolute atomic E-state index is 0. The fraction of sp³-hybridized carbons (Fsp3) is 0.108. The van der Waals surface area contributed by atoms with Crippen LogP contribution in [0, 0.1) is 25.8 Å². The zero-order valence-corrected chi connectivity index (χ0v) is 24.7. The summed E-state index contributed by atoms with van der Waals surface area (Å²) in [5.74, 6) is 0. The molecule has 0 saturated heterocycles. The molecule has 0 atom stereocenters. The van der Waals surface area contributed by atoms with Gasteiger partial charge >= 0.3 is 0 Å². The first-order valence-corrected chi connectivity index (χ1v) is 13.0. The molecule has 42 heavy (non-hydrogen) atoms. The van der Waals surface area contributed by atoms with Crippen LogP contribution in [0.2, 0.25) is 0 Å². The smallest absolute Gasteiger partial charge is 0.216 e. The maximum Gasteiger partial charge on any atom is 0.216 e. The van der Waals surface area contributed by atoms with E-state index in [1.165, 1.54) is 12.3 Å². The molecule has 0 unspecified atom stereocenters. The average Bonchev–Trinajstić information content (AvgIpc) is 3.47. The van der Waals surface area contributed by atoms with E-state index in [2.05, 4.69) is 27.1 Å². The molecule has 0 aliphatic rings. The van der Waals surface area contributed by atoms with Gasteiger partial charge in [-0.25, -0.2) is 4.98 Å². The maximum atomic E-state index is 8.52. The molecule has 1 radical (unpaired) electrons. The van der Waals surface area contributed by atoms with Gasteiger partial charge in [0, 0.05) is 54.5 Å². The minimum Gasteiger partial charge on any atom is -0.486 e. The van der Waals surface area contributed by atoms with Gasteiger partial charge in [0.25, 0.3) is 0 Å². The van der Waals surface area contributed by atoms with Crippen LogP contribution in [0.3, 0.4) is 0 Å². The maximum absolute atomic E-state index is 8.52. The van der Waals surface area contributed by atoms with Gasteiger partial charge in [-0.2, -0.15) is 0 Å². The molecular formula is C37H29IrN3O-2. The van der Waals surface area contributed by atoms with Gasteiger partial charge in [-0.05, 0) is 67.2 Å². The SMILES string of the molecule is [2H]C([2H])([2H])c1ccc(-c2[c-]cccc2)nc1.[2H]C([2H])([2H])c1ccc2c(n1)oc1c(-c3cc(CC([2H])([2H])c4ccccc4)ccn3)[c-]ccc12.[Ir]. The Morgan fingerprint density at radius 2 is 1.69 bits per heavy atom. The van der Waals surface area contributed by atoms with Gasteiger partial charge in [0.1, 0.15) is 0 Å². The Morgan fingerprint density at radius 3 is 2.48 bits per heavy atom. The predicted molar refractivity (Wildman–Crippen MR) is 165 cm³/mol. The van der Waals surface area contributed by atoms with Crippen molar-refractivity contribution >= 4 is 22.1 Å². The number of aromatic nitrogens is 3. The summed E-state index contributed by atoms with van der Waals surface area (Å²) in [5.41, 5.74) is 5.20. The van der Waals surface area contributed by atoms with Gasteiger partial charge in [0.2, 0.25) is 5.71 Å². The van der Waals surface area contributed by atoms with Gasteiger partial charge < -0.3 is 14.4 Å². The zero-order chi connectivity index (χ0) is 34.8. The summed E-state index contributed by atoms with van der Waals surface area (Å²) in [6.07, 6.45) is 1.69. The van der Waals surface area contributed by atoms with E-state index in [-0.39, 0.29) is 43.5 Å². The topological polar surface area (TPSA) is 51.8 Å². The molecule has 0 bridgehead atoms. The summed E-state index contributed by atoms with van der Waals surface area (Å²) in [6.45, 7) is -4.41. The van der Waals surface area contributed by atoms with Crippen LogP contribution < -0.4 is 0 Å². The number of furan rings is 1. The van der Waals surface area contributed by atoms with Crippen molar-refractivity contribution in [3.63, 3.8) is 0 Å². The van der Waals surface area contributed by atoms with Crippen LogP contribution in [-0.4, -0.2) is 15.0 Å². The first-order chi connectivity index (χ1) is 23.3. The summed E-state index contributed by atoms with van der Waals surface area (Å²) in [6, 6.07) is 36.5. The van der Waals surface area contributed by atoms with Crippen molar-refractivity contribution in [2.75, 3.05) is 0 Å². The third kappa shape index (κ3) is 6.71. The predicted octanol–water partition coefficient (Wildman–Crippen LogP) is 8.79. The molecule has 4 heterocycles. The second kappa shape index (κ2) is 13.5. The quantitative estimate of drug-likeness (QED) is 0.166. The fourth-order valence-electron chi connectivity index (χ4n) is 4.40. The van der Waals surface area contributed by atoms with Crippen LogP contribution in [0.1, 0.15) is 33.4 Å². The van der Waals surface area contributed by atoms with E-state index >= 15 is 0 Å². The van der Waals surface area contributed by atoms with Gasteiger partial charge in [-0.3, -0.25) is 0 Å². The van der Waals surface area contributed by atoms with E-state index < -0.39 is 20.1 Å². The molecule has 7 aromatic rings. The molecule has 5 heteroatoms. The number of benzene rings is 3. The molecule has 7 rings (SSSR count). The number of hydrogen-bond acceptors (Lipinski definition) is 4. The van der Waals surface area contributed by atoms with Gasteiger partial charge in [0.15, 0.2) is 0 Å². The standard InChI is InChI=1S/C25H19N2O.C12H10N.Ir/c1-17-10-13-21-20-8-5-9-22(24(20)28-25(21)27-17)23-16-19(14-15-26-23)12-11-18-6-3-2-4-7-18;1-10-7-8-12(13-9-10)11-5-3-2-4-6-11;/h2-8,10,13-16H,11-12H2,1H3;2-5,7-9H,1H3;/q2*-1;/i1D3,11D2;1D3;. The Balaban J connectivity index is 0.000000241. The number of rotatable bonds is 5. The number of fused-ring (bicyclic) bond motifs is 3. The van der Waals surface area contributed by atoms with E-state index in [4.69, 9.17) is 15.4 Å². The molecule has 0 amide bonds. The zero-order valence-electron chi connectivity index (χ0n) is 30.3. The second-order valence-electron chi connectivity index (χ2n) is 9.22. The van der Waals surface area contributed by atoms with Crippen molar-refractivity contribution in [1.29, 1.82) is 0 Å². The van der Waals surface area contributed by atoms with Crippen molar-refractivity contribution < 1.29 is 35.5 Å². The van der Waals surface area contributed by atoms with Gasteiger partial charge in [-0.15, -0.1) is 54.1 Å². The van der Waals surface area contributed by atoms with E-state index in [0.29, 0.717) is 27.8 Å². The van der Waals surface area contributed by atoms with Crippen molar-refractivity contribution in [3.05, 3.63) is 150 Å². The summed E-state index contributed by atoms with van der Waals surface area (Å²) in [4.78, 5) is 12.8. The van der Waals surface area contributed by atoms with Crippen LogP contribution in [0.15, 0.2) is 120 Å². The second-order valence-corrected chi connectivity index (χ2v) is 9.22. The minimum atomic E-state index is -2.32. The number of aryl methyl sites for hydroxylation is 4. The Morgan fingerprint density at radius 1 is 0.786 bits per heavy atom. The van der Waals surface area contributed by atoms with Crippen molar-refractivity contribution in [3.8, 4) is 22.5 Å². The summed E-state index contributed by atoms with van der Waals surface area (Å²) >= 11 is 0. The summed E-state index contributed by atoms with van der Waals surface area (Å²) in [7, 11) is 0. The molecule has 0 N–H and O–H groups in total. The molecule has 4 aromatic heterocycles. The van der Waals surface area contributed by atoms with Crippen LogP contribution in [0.4, 0.5) is 0 Å². The molecule has 0 spiro atoms.